The lowest BCUT2D eigenvalue weighted by Gasteiger charge is -2.25. The van der Waals surface area contributed by atoms with Gasteiger partial charge in [-0.3, -0.25) is 14.2 Å². The lowest BCUT2D eigenvalue weighted by atomic mass is 10.0. The molecule has 0 bridgehead atoms. The standard InChI is InChI=1S/C25H21N3O2/c29-24(27-16-6-11-23(27)18-7-2-1-3-8-18)19-12-14-20(15-13-19)28-17-26-22-10-5-4-9-21(22)25(28)30/h1-5,7-10,12-15,17,23H,6,11,16H2. The van der Waals surface area contributed by atoms with Gasteiger partial charge in [0, 0.05) is 12.1 Å². The summed E-state index contributed by atoms with van der Waals surface area (Å²) in [6.45, 7) is 0.758. The van der Waals surface area contributed by atoms with Crippen LogP contribution in [0.5, 0.6) is 0 Å². The molecule has 1 fully saturated rings. The molecule has 0 N–H and O–H groups in total. The van der Waals surface area contributed by atoms with Crippen LogP contribution in [0.3, 0.4) is 0 Å². The van der Waals surface area contributed by atoms with Crippen molar-refractivity contribution >= 4 is 16.8 Å². The highest BCUT2D eigenvalue weighted by molar-refractivity contribution is 5.95. The molecule has 2 heterocycles. The molecule has 1 aromatic heterocycles. The van der Waals surface area contributed by atoms with E-state index >= 15 is 0 Å². The lowest BCUT2D eigenvalue weighted by Crippen LogP contribution is -2.30. The van der Waals surface area contributed by atoms with Crippen molar-refractivity contribution in [2.24, 2.45) is 0 Å². The van der Waals surface area contributed by atoms with Crippen LogP contribution in [-0.4, -0.2) is 26.9 Å². The molecule has 1 aliphatic rings. The molecule has 148 valence electrons. The van der Waals surface area contributed by atoms with Gasteiger partial charge in [-0.05, 0) is 54.8 Å². The van der Waals surface area contributed by atoms with E-state index in [-0.39, 0.29) is 17.5 Å². The molecule has 1 saturated heterocycles. The molecule has 0 radical (unpaired) electrons. The molecule has 0 aliphatic carbocycles. The molecule has 4 aromatic rings. The van der Waals surface area contributed by atoms with Crippen molar-refractivity contribution in [1.29, 1.82) is 0 Å². The molecule has 1 aliphatic heterocycles. The summed E-state index contributed by atoms with van der Waals surface area (Å²) in [5, 5.41) is 0.572. The highest BCUT2D eigenvalue weighted by Crippen LogP contribution is 2.33. The highest BCUT2D eigenvalue weighted by Gasteiger charge is 2.30. The Kier molecular flexibility index (Phi) is 4.64. The highest BCUT2D eigenvalue weighted by atomic mass is 16.2. The predicted molar refractivity (Wildman–Crippen MR) is 117 cm³/mol. The summed E-state index contributed by atoms with van der Waals surface area (Å²) in [5.74, 6) is 0.0249. The molecule has 0 spiro atoms. The Bertz CT molecular complexity index is 1260. The molecule has 3 aromatic carbocycles. The Hall–Kier alpha value is -3.73. The van der Waals surface area contributed by atoms with Crippen LogP contribution < -0.4 is 5.56 Å². The number of carbonyl (C=O) groups is 1. The van der Waals surface area contributed by atoms with Crippen molar-refractivity contribution in [3.8, 4) is 5.69 Å². The van der Waals surface area contributed by atoms with E-state index in [9.17, 15) is 9.59 Å². The van der Waals surface area contributed by atoms with Gasteiger partial charge in [-0.25, -0.2) is 4.98 Å². The summed E-state index contributed by atoms with van der Waals surface area (Å²) in [4.78, 5) is 32.3. The molecular weight excluding hydrogens is 374 g/mol. The second-order valence-corrected chi connectivity index (χ2v) is 7.55. The maximum atomic E-state index is 13.2. The summed E-state index contributed by atoms with van der Waals surface area (Å²) < 4.78 is 1.51. The van der Waals surface area contributed by atoms with E-state index in [2.05, 4.69) is 17.1 Å². The molecule has 5 heteroatoms. The van der Waals surface area contributed by atoms with E-state index in [0.29, 0.717) is 22.2 Å². The lowest BCUT2D eigenvalue weighted by molar-refractivity contribution is 0.0735. The third-order valence-electron chi connectivity index (χ3n) is 5.76. The number of benzene rings is 3. The summed E-state index contributed by atoms with van der Waals surface area (Å²) in [6.07, 6.45) is 3.51. The number of para-hydroxylation sites is 1. The van der Waals surface area contributed by atoms with Crippen LogP contribution in [0, 0.1) is 0 Å². The van der Waals surface area contributed by atoms with Gasteiger partial charge in [0.15, 0.2) is 0 Å². The quantitative estimate of drug-likeness (QED) is 0.518. The van der Waals surface area contributed by atoms with Crippen molar-refractivity contribution in [2.45, 2.75) is 18.9 Å². The zero-order valence-corrected chi connectivity index (χ0v) is 16.4. The van der Waals surface area contributed by atoms with Gasteiger partial charge in [0.1, 0.15) is 6.33 Å². The SMILES string of the molecule is O=C(c1ccc(-n2cnc3ccccc3c2=O)cc1)N1CCCC1c1ccccc1. The third-order valence-corrected chi connectivity index (χ3v) is 5.76. The van der Waals surface area contributed by atoms with Crippen LogP contribution in [-0.2, 0) is 0 Å². The van der Waals surface area contributed by atoms with E-state index in [0.717, 1.165) is 19.4 Å². The molecule has 0 saturated carbocycles. The zero-order valence-electron chi connectivity index (χ0n) is 16.4. The van der Waals surface area contributed by atoms with Gasteiger partial charge in [0.2, 0.25) is 0 Å². The zero-order chi connectivity index (χ0) is 20.5. The van der Waals surface area contributed by atoms with E-state index in [4.69, 9.17) is 0 Å². The summed E-state index contributed by atoms with van der Waals surface area (Å²) in [5.41, 5.74) is 3.04. The van der Waals surface area contributed by atoms with Crippen LogP contribution in [0.4, 0.5) is 0 Å². The van der Waals surface area contributed by atoms with E-state index < -0.39 is 0 Å². The minimum atomic E-state index is -0.122. The maximum Gasteiger partial charge on any atom is 0.265 e. The average Bonchev–Trinajstić information content (AvgIpc) is 3.30. The number of aromatic nitrogens is 2. The first-order chi connectivity index (χ1) is 14.7. The molecular formula is C25H21N3O2. The smallest absolute Gasteiger partial charge is 0.265 e. The maximum absolute atomic E-state index is 13.2. The Morgan fingerprint density at radius 3 is 2.43 bits per heavy atom. The number of nitrogens with zero attached hydrogens (tertiary/aromatic N) is 3. The number of carbonyl (C=O) groups excluding carboxylic acids is 1. The van der Waals surface area contributed by atoms with Crippen molar-refractivity contribution in [3.05, 3.63) is 107 Å². The molecule has 5 rings (SSSR count). The fourth-order valence-electron chi connectivity index (χ4n) is 4.22. The number of hydrogen-bond acceptors (Lipinski definition) is 3. The second kappa shape index (κ2) is 7.59. The molecule has 5 nitrogen and oxygen atoms in total. The predicted octanol–water partition coefficient (Wildman–Crippen LogP) is 4.36. The Balaban J connectivity index is 1.43. The van der Waals surface area contributed by atoms with Gasteiger partial charge in [0.25, 0.3) is 11.5 Å². The van der Waals surface area contributed by atoms with Crippen molar-refractivity contribution in [2.75, 3.05) is 6.54 Å². The average molecular weight is 395 g/mol. The van der Waals surface area contributed by atoms with Crippen LogP contribution in [0.1, 0.15) is 34.8 Å². The van der Waals surface area contributed by atoms with Gasteiger partial charge in [-0.15, -0.1) is 0 Å². The van der Waals surface area contributed by atoms with Crippen LogP contribution >= 0.6 is 0 Å². The van der Waals surface area contributed by atoms with Gasteiger partial charge < -0.3 is 4.90 Å². The topological polar surface area (TPSA) is 55.2 Å². The first-order valence-electron chi connectivity index (χ1n) is 10.1. The third kappa shape index (κ3) is 3.18. The fourth-order valence-corrected chi connectivity index (χ4v) is 4.22. The van der Waals surface area contributed by atoms with Gasteiger partial charge in [-0.2, -0.15) is 0 Å². The number of likely N-dealkylation sites (tertiary alicyclic amines) is 1. The summed E-state index contributed by atoms with van der Waals surface area (Å²) in [6, 6.07) is 24.8. The van der Waals surface area contributed by atoms with Crippen molar-refractivity contribution in [3.63, 3.8) is 0 Å². The number of fused-ring (bicyclic) bond motifs is 1. The minimum absolute atomic E-state index is 0.0249. The first kappa shape index (κ1) is 18.3. The van der Waals surface area contributed by atoms with Gasteiger partial charge >= 0.3 is 0 Å². The normalized spacial score (nSPS) is 16.1. The van der Waals surface area contributed by atoms with Crippen molar-refractivity contribution < 1.29 is 4.79 Å². The van der Waals surface area contributed by atoms with Crippen molar-refractivity contribution in [1.82, 2.24) is 14.5 Å². The van der Waals surface area contributed by atoms with E-state index in [1.54, 1.807) is 30.3 Å². The van der Waals surface area contributed by atoms with E-state index in [1.165, 1.54) is 16.5 Å². The largest absolute Gasteiger partial charge is 0.332 e. The minimum Gasteiger partial charge on any atom is -0.332 e. The Morgan fingerprint density at radius 1 is 0.900 bits per heavy atom. The molecule has 30 heavy (non-hydrogen) atoms. The van der Waals surface area contributed by atoms with Crippen LogP contribution in [0.25, 0.3) is 16.6 Å². The summed E-state index contributed by atoms with van der Waals surface area (Å²) >= 11 is 0. The van der Waals surface area contributed by atoms with Crippen LogP contribution in [0.15, 0.2) is 90.0 Å². The molecule has 1 unspecified atom stereocenters. The first-order valence-corrected chi connectivity index (χ1v) is 10.1. The fraction of sp³-hybridized carbons (Fsp3) is 0.160. The molecule has 1 atom stereocenters. The van der Waals surface area contributed by atoms with Crippen LogP contribution in [0.2, 0.25) is 0 Å². The molecule has 1 amide bonds. The van der Waals surface area contributed by atoms with Gasteiger partial charge in [0.05, 0.1) is 22.6 Å². The number of rotatable bonds is 3. The Morgan fingerprint density at radius 2 is 1.63 bits per heavy atom. The summed E-state index contributed by atoms with van der Waals surface area (Å²) in [7, 11) is 0. The van der Waals surface area contributed by atoms with E-state index in [1.807, 2.05) is 41.3 Å². The van der Waals surface area contributed by atoms with Gasteiger partial charge in [-0.1, -0.05) is 42.5 Å². The number of hydrogen-bond donors (Lipinski definition) is 0. The number of amides is 1. The second-order valence-electron chi connectivity index (χ2n) is 7.55. The Labute approximate surface area is 174 Å². The monoisotopic (exact) mass is 395 g/mol.